The van der Waals surface area contributed by atoms with Gasteiger partial charge in [-0.2, -0.15) is 0 Å². The van der Waals surface area contributed by atoms with Crippen molar-refractivity contribution in [2.75, 3.05) is 39.5 Å². The maximum absolute atomic E-state index is 10.3. The lowest BCUT2D eigenvalue weighted by Gasteiger charge is -2.32. The molecule has 0 amide bonds. The minimum absolute atomic E-state index is 0.0887. The molecule has 28 heavy (non-hydrogen) atoms. The molecule has 0 saturated heterocycles. The molecule has 0 heterocycles. The largest absolute Gasteiger partial charge is 0.394 e. The lowest BCUT2D eigenvalue weighted by atomic mass is 9.82. The molecule has 0 aliphatic rings. The van der Waals surface area contributed by atoms with Gasteiger partial charge < -0.3 is 30.7 Å². The van der Waals surface area contributed by atoms with Crippen LogP contribution in [0.15, 0.2) is 0 Å². The first-order valence-electron chi connectivity index (χ1n) is 11.0. The molecule has 6 nitrogen and oxygen atoms in total. The summed E-state index contributed by atoms with van der Waals surface area (Å²) in [6.45, 7) is 17.6. The van der Waals surface area contributed by atoms with Crippen LogP contribution >= 0.6 is 0 Å². The topological polar surface area (TPSA) is 94.0 Å². The normalized spacial score (nSPS) is 17.9. The smallest absolute Gasteiger partial charge is 0.0897 e. The van der Waals surface area contributed by atoms with Crippen LogP contribution in [0.5, 0.6) is 0 Å². The van der Waals surface area contributed by atoms with E-state index in [1.54, 1.807) is 0 Å². The molecule has 4 atom stereocenters. The number of aliphatic hydroxyl groups excluding tert-OH is 3. The predicted molar refractivity (Wildman–Crippen MR) is 116 cm³/mol. The number of aliphatic hydroxyl groups is 3. The summed E-state index contributed by atoms with van der Waals surface area (Å²) in [5, 5.41) is 35.5. The molecule has 5 N–H and O–H groups in total. The predicted octanol–water partition coefficient (Wildman–Crippen LogP) is 2.02. The first-order valence-corrected chi connectivity index (χ1v) is 11.0. The molecule has 4 unspecified atom stereocenters. The van der Waals surface area contributed by atoms with Gasteiger partial charge in [0.15, 0.2) is 0 Å². The van der Waals surface area contributed by atoms with Crippen molar-refractivity contribution in [1.29, 1.82) is 0 Å². The molecule has 0 saturated carbocycles. The van der Waals surface area contributed by atoms with Gasteiger partial charge >= 0.3 is 0 Å². The third kappa shape index (κ3) is 13.9. The third-order valence-corrected chi connectivity index (χ3v) is 4.95. The van der Waals surface area contributed by atoms with Gasteiger partial charge in [0.2, 0.25) is 0 Å². The van der Waals surface area contributed by atoms with E-state index in [9.17, 15) is 10.2 Å². The zero-order valence-electron chi connectivity index (χ0n) is 19.4. The van der Waals surface area contributed by atoms with Crippen molar-refractivity contribution < 1.29 is 20.1 Å². The van der Waals surface area contributed by atoms with E-state index in [1.165, 1.54) is 0 Å². The summed E-state index contributed by atoms with van der Waals surface area (Å²) in [5.74, 6) is 1.68. The average molecular weight is 405 g/mol. The molecule has 0 rings (SSSR count). The Hall–Kier alpha value is -0.240. The maximum atomic E-state index is 10.3. The lowest BCUT2D eigenvalue weighted by molar-refractivity contribution is -0.0104. The van der Waals surface area contributed by atoms with Crippen LogP contribution in [0.3, 0.4) is 0 Å². The van der Waals surface area contributed by atoms with E-state index in [4.69, 9.17) is 9.84 Å². The monoisotopic (exact) mass is 404 g/mol. The molecule has 0 spiro atoms. The fraction of sp³-hybridized carbons (Fsp3) is 1.00. The molecular weight excluding hydrogens is 356 g/mol. The van der Waals surface area contributed by atoms with Crippen molar-refractivity contribution in [2.24, 2.45) is 23.2 Å². The summed E-state index contributed by atoms with van der Waals surface area (Å²) in [6, 6.07) is 0.406. The molecule has 0 bridgehead atoms. The summed E-state index contributed by atoms with van der Waals surface area (Å²) in [6.07, 6.45) is 0.814. The summed E-state index contributed by atoms with van der Waals surface area (Å²) in [4.78, 5) is 0. The van der Waals surface area contributed by atoms with E-state index in [2.05, 4.69) is 59.1 Å². The second-order valence-electron chi connectivity index (χ2n) is 9.93. The van der Waals surface area contributed by atoms with Crippen molar-refractivity contribution in [2.45, 2.75) is 79.6 Å². The summed E-state index contributed by atoms with van der Waals surface area (Å²) in [5.41, 5.74) is -0.0887. The number of hydrogen-bond donors (Lipinski definition) is 5. The zero-order chi connectivity index (χ0) is 21.7. The molecular formula is C22H48N2O4. The van der Waals surface area contributed by atoms with Crippen molar-refractivity contribution in [3.63, 3.8) is 0 Å². The van der Waals surface area contributed by atoms with E-state index in [0.717, 1.165) is 12.8 Å². The van der Waals surface area contributed by atoms with Crippen LogP contribution in [-0.2, 0) is 4.74 Å². The molecule has 0 aliphatic carbocycles. The first kappa shape index (κ1) is 27.8. The summed E-state index contributed by atoms with van der Waals surface area (Å²) < 4.78 is 5.88. The SMILES string of the molecule is CC(C)CC(NCC(O)COCC(C)(CNCC(O)CO)CC(C)C)C(C)C. The Morgan fingerprint density at radius 1 is 0.929 bits per heavy atom. The Morgan fingerprint density at radius 2 is 1.57 bits per heavy atom. The standard InChI is InChI=1S/C22H48N2O4/c1-16(2)8-21(18(5)6)24-11-20(27)13-28-15-22(7,9-17(3)4)14-23-10-19(26)12-25/h16-21,23-27H,8-15H2,1-7H3. The van der Waals surface area contributed by atoms with Gasteiger partial charge in [-0.25, -0.2) is 0 Å². The molecule has 0 radical (unpaired) electrons. The van der Waals surface area contributed by atoms with E-state index in [1.807, 2.05) is 0 Å². The number of rotatable bonds is 17. The van der Waals surface area contributed by atoms with Crippen LogP contribution in [0.2, 0.25) is 0 Å². The van der Waals surface area contributed by atoms with Crippen LogP contribution in [0.4, 0.5) is 0 Å². The highest BCUT2D eigenvalue weighted by molar-refractivity contribution is 4.79. The minimum Gasteiger partial charge on any atom is -0.394 e. The second kappa shape index (κ2) is 14.7. The van der Waals surface area contributed by atoms with Gasteiger partial charge in [0, 0.05) is 31.1 Å². The number of ether oxygens (including phenoxy) is 1. The number of hydrogen-bond acceptors (Lipinski definition) is 6. The van der Waals surface area contributed by atoms with Crippen LogP contribution < -0.4 is 10.6 Å². The molecule has 0 aromatic carbocycles. The van der Waals surface area contributed by atoms with Crippen LogP contribution in [0.1, 0.15) is 61.3 Å². The second-order valence-corrected chi connectivity index (χ2v) is 9.93. The van der Waals surface area contributed by atoms with Gasteiger partial charge in [0.1, 0.15) is 0 Å². The zero-order valence-corrected chi connectivity index (χ0v) is 19.4. The van der Waals surface area contributed by atoms with Crippen molar-refractivity contribution >= 4 is 0 Å². The van der Waals surface area contributed by atoms with Gasteiger partial charge in [-0.15, -0.1) is 0 Å². The Balaban J connectivity index is 4.38. The fourth-order valence-corrected chi connectivity index (χ4v) is 3.66. The van der Waals surface area contributed by atoms with Gasteiger partial charge in [-0.3, -0.25) is 0 Å². The van der Waals surface area contributed by atoms with Crippen LogP contribution in [0.25, 0.3) is 0 Å². The molecule has 0 aliphatic heterocycles. The number of nitrogens with one attached hydrogen (secondary N) is 2. The highest BCUT2D eigenvalue weighted by Crippen LogP contribution is 2.26. The molecule has 0 fully saturated rings. The van der Waals surface area contributed by atoms with Crippen LogP contribution in [-0.4, -0.2) is 73.0 Å². The Bertz CT molecular complexity index is 380. The minimum atomic E-state index is -0.739. The van der Waals surface area contributed by atoms with E-state index < -0.39 is 12.2 Å². The quantitative estimate of drug-likeness (QED) is 0.255. The van der Waals surface area contributed by atoms with Crippen molar-refractivity contribution in [3.8, 4) is 0 Å². The van der Waals surface area contributed by atoms with E-state index in [-0.39, 0.29) is 12.0 Å². The highest BCUT2D eigenvalue weighted by atomic mass is 16.5. The molecule has 0 aromatic rings. The molecule has 0 aromatic heterocycles. The van der Waals surface area contributed by atoms with Gasteiger partial charge in [0.05, 0.1) is 32.0 Å². The fourth-order valence-electron chi connectivity index (χ4n) is 3.66. The van der Waals surface area contributed by atoms with Crippen molar-refractivity contribution in [3.05, 3.63) is 0 Å². The molecule has 6 heteroatoms. The van der Waals surface area contributed by atoms with Crippen molar-refractivity contribution in [1.82, 2.24) is 10.6 Å². The van der Waals surface area contributed by atoms with Crippen LogP contribution in [0, 0.1) is 23.2 Å². The molecule has 170 valence electrons. The Labute approximate surface area is 173 Å². The maximum Gasteiger partial charge on any atom is 0.0897 e. The third-order valence-electron chi connectivity index (χ3n) is 4.95. The highest BCUT2D eigenvalue weighted by Gasteiger charge is 2.26. The lowest BCUT2D eigenvalue weighted by Crippen LogP contribution is -2.43. The van der Waals surface area contributed by atoms with Gasteiger partial charge in [0.25, 0.3) is 0 Å². The first-order chi connectivity index (χ1) is 13.0. The Kier molecular flexibility index (Phi) is 14.6. The summed E-state index contributed by atoms with van der Waals surface area (Å²) in [7, 11) is 0. The summed E-state index contributed by atoms with van der Waals surface area (Å²) >= 11 is 0. The van der Waals surface area contributed by atoms with E-state index in [0.29, 0.717) is 56.6 Å². The average Bonchev–Trinajstić information content (AvgIpc) is 2.57. The van der Waals surface area contributed by atoms with E-state index >= 15 is 0 Å². The Morgan fingerprint density at radius 3 is 2.07 bits per heavy atom. The van der Waals surface area contributed by atoms with Gasteiger partial charge in [-0.05, 0) is 30.6 Å². The van der Waals surface area contributed by atoms with Gasteiger partial charge in [-0.1, -0.05) is 48.5 Å².